The van der Waals surface area contributed by atoms with Gasteiger partial charge < -0.3 is 15.3 Å². The molecule has 3 heteroatoms. The highest BCUT2D eigenvalue weighted by Crippen LogP contribution is 2.60. The van der Waals surface area contributed by atoms with Gasteiger partial charge in [-0.3, -0.25) is 0 Å². The first kappa shape index (κ1) is 23.8. The largest absolute Gasteiger partial charge is 0.393 e. The molecular formula is C27H44O3. The van der Waals surface area contributed by atoms with Crippen LogP contribution >= 0.6 is 0 Å². The second kappa shape index (κ2) is 9.30. The van der Waals surface area contributed by atoms with Gasteiger partial charge in [0.1, 0.15) is 0 Å². The van der Waals surface area contributed by atoms with Crippen LogP contribution in [-0.2, 0) is 0 Å². The van der Waals surface area contributed by atoms with Gasteiger partial charge in [-0.1, -0.05) is 43.7 Å². The Hall–Kier alpha value is -0.900. The highest BCUT2D eigenvalue weighted by Gasteiger charge is 2.50. The van der Waals surface area contributed by atoms with Gasteiger partial charge in [0.2, 0.25) is 0 Å². The highest BCUT2D eigenvalue weighted by atomic mass is 16.3. The van der Waals surface area contributed by atoms with E-state index in [9.17, 15) is 15.3 Å². The Morgan fingerprint density at radius 2 is 1.90 bits per heavy atom. The summed E-state index contributed by atoms with van der Waals surface area (Å²) in [6.45, 7) is 12.5. The van der Waals surface area contributed by atoms with E-state index in [4.69, 9.17) is 0 Å². The SMILES string of the molecule is C=C1CCC(O)C/C1=C\C=C1/CCC[C@]2(C)[C@@H]([C@H](C)CCC(O)C(C)(C)O)CC[C@@H]12. The van der Waals surface area contributed by atoms with Crippen LogP contribution in [0.25, 0.3) is 0 Å². The maximum absolute atomic E-state index is 10.3. The van der Waals surface area contributed by atoms with Crippen molar-refractivity contribution in [3.63, 3.8) is 0 Å². The number of allylic oxidation sites excluding steroid dienone is 4. The molecule has 0 radical (unpaired) electrons. The summed E-state index contributed by atoms with van der Waals surface area (Å²) >= 11 is 0. The van der Waals surface area contributed by atoms with E-state index >= 15 is 0 Å². The molecule has 3 aliphatic rings. The van der Waals surface area contributed by atoms with Crippen molar-refractivity contribution in [1.82, 2.24) is 0 Å². The third-order valence-corrected chi connectivity index (χ3v) is 8.62. The Morgan fingerprint density at radius 1 is 1.17 bits per heavy atom. The van der Waals surface area contributed by atoms with E-state index in [1.54, 1.807) is 19.4 Å². The van der Waals surface area contributed by atoms with Gasteiger partial charge in [-0.25, -0.2) is 0 Å². The van der Waals surface area contributed by atoms with Gasteiger partial charge in [0.05, 0.1) is 17.8 Å². The fourth-order valence-electron chi connectivity index (χ4n) is 6.58. The molecule has 3 N–H and O–H groups in total. The molecule has 3 fully saturated rings. The molecule has 6 atom stereocenters. The number of fused-ring (bicyclic) bond motifs is 1. The van der Waals surface area contributed by atoms with Gasteiger partial charge in [-0.05, 0) is 107 Å². The summed E-state index contributed by atoms with van der Waals surface area (Å²) in [5.74, 6) is 1.89. The van der Waals surface area contributed by atoms with Gasteiger partial charge in [-0.15, -0.1) is 0 Å². The van der Waals surface area contributed by atoms with Crippen LogP contribution in [0.1, 0.15) is 91.9 Å². The van der Waals surface area contributed by atoms with Crippen LogP contribution in [0.3, 0.4) is 0 Å². The Morgan fingerprint density at radius 3 is 2.60 bits per heavy atom. The average molecular weight is 417 g/mol. The topological polar surface area (TPSA) is 60.7 Å². The maximum atomic E-state index is 10.3. The molecule has 170 valence electrons. The molecule has 0 saturated heterocycles. The highest BCUT2D eigenvalue weighted by molar-refractivity contribution is 5.36. The maximum Gasteiger partial charge on any atom is 0.0849 e. The van der Waals surface area contributed by atoms with Crippen molar-refractivity contribution in [1.29, 1.82) is 0 Å². The Kier molecular flexibility index (Phi) is 7.37. The van der Waals surface area contributed by atoms with Crippen LogP contribution in [0.5, 0.6) is 0 Å². The third kappa shape index (κ3) is 5.11. The predicted molar refractivity (Wildman–Crippen MR) is 124 cm³/mol. The number of aliphatic hydroxyl groups is 3. The van der Waals surface area contributed by atoms with Gasteiger partial charge in [0, 0.05) is 0 Å². The minimum Gasteiger partial charge on any atom is -0.393 e. The van der Waals surface area contributed by atoms with Gasteiger partial charge >= 0.3 is 0 Å². The molecule has 3 saturated carbocycles. The van der Waals surface area contributed by atoms with Crippen LogP contribution in [-0.4, -0.2) is 33.1 Å². The summed E-state index contributed by atoms with van der Waals surface area (Å²) in [5, 5.41) is 30.3. The second-order valence-corrected chi connectivity index (χ2v) is 11.3. The van der Waals surface area contributed by atoms with Gasteiger partial charge in [-0.2, -0.15) is 0 Å². The molecule has 3 rings (SSSR count). The van der Waals surface area contributed by atoms with E-state index in [0.717, 1.165) is 25.7 Å². The smallest absolute Gasteiger partial charge is 0.0849 e. The molecule has 0 amide bonds. The van der Waals surface area contributed by atoms with Crippen LogP contribution in [0.2, 0.25) is 0 Å². The number of aliphatic hydroxyl groups excluding tert-OH is 2. The zero-order valence-corrected chi connectivity index (χ0v) is 19.7. The lowest BCUT2D eigenvalue weighted by Gasteiger charge is -2.44. The summed E-state index contributed by atoms with van der Waals surface area (Å²) in [4.78, 5) is 0. The molecule has 3 nitrogen and oxygen atoms in total. The van der Waals surface area contributed by atoms with Crippen molar-refractivity contribution in [3.8, 4) is 0 Å². The zero-order chi connectivity index (χ0) is 22.1. The van der Waals surface area contributed by atoms with Crippen molar-refractivity contribution in [2.45, 2.75) is 110 Å². The molecule has 0 aromatic carbocycles. The standard InChI is InChI=1S/C27H44O3/c1-18-8-12-22(28)17-21(18)11-10-20-7-6-16-27(5)23(13-14-24(20)27)19(2)9-15-25(29)26(3,4)30/h10-11,19,22-25,28-30H,1,6-9,12-17H2,2-5H3/b20-10+,21-11+/t19-,22?,23-,24+,25?,27-/m1/s1. The Balaban J connectivity index is 1.69. The molecule has 0 aromatic heterocycles. The Bertz CT molecular complexity index is 683. The minimum absolute atomic E-state index is 0.215. The molecule has 2 unspecified atom stereocenters. The lowest BCUT2D eigenvalue weighted by atomic mass is 9.60. The van der Waals surface area contributed by atoms with Crippen molar-refractivity contribution >= 4 is 0 Å². The summed E-state index contributed by atoms with van der Waals surface area (Å²) in [5.41, 5.74) is 3.34. The lowest BCUT2D eigenvalue weighted by Crippen LogP contribution is -2.38. The van der Waals surface area contributed by atoms with Crippen LogP contribution < -0.4 is 0 Å². The van der Waals surface area contributed by atoms with E-state index < -0.39 is 11.7 Å². The minimum atomic E-state index is -1.02. The normalized spacial score (nSPS) is 37.4. The van der Waals surface area contributed by atoms with E-state index in [1.165, 1.54) is 43.3 Å². The van der Waals surface area contributed by atoms with E-state index in [0.29, 0.717) is 29.6 Å². The molecule has 30 heavy (non-hydrogen) atoms. The van der Waals surface area contributed by atoms with Crippen molar-refractivity contribution in [3.05, 3.63) is 35.5 Å². The van der Waals surface area contributed by atoms with Crippen molar-refractivity contribution in [2.24, 2.45) is 23.2 Å². The van der Waals surface area contributed by atoms with Crippen molar-refractivity contribution < 1.29 is 15.3 Å². The van der Waals surface area contributed by atoms with E-state index in [1.807, 2.05) is 0 Å². The first-order valence-corrected chi connectivity index (χ1v) is 12.2. The molecular weight excluding hydrogens is 372 g/mol. The van der Waals surface area contributed by atoms with Gasteiger partial charge in [0.25, 0.3) is 0 Å². The number of hydrogen-bond acceptors (Lipinski definition) is 3. The molecule has 0 aromatic rings. The second-order valence-electron chi connectivity index (χ2n) is 11.3. The summed E-state index contributed by atoms with van der Waals surface area (Å²) in [7, 11) is 0. The number of hydrogen-bond donors (Lipinski definition) is 3. The fraction of sp³-hybridized carbons (Fsp3) is 0.778. The van der Waals surface area contributed by atoms with Crippen LogP contribution in [0.4, 0.5) is 0 Å². The molecule has 0 bridgehead atoms. The summed E-state index contributed by atoms with van der Waals surface area (Å²) in [6.07, 6.45) is 14.1. The van der Waals surface area contributed by atoms with Crippen molar-refractivity contribution in [2.75, 3.05) is 0 Å². The fourth-order valence-corrected chi connectivity index (χ4v) is 6.58. The first-order valence-electron chi connectivity index (χ1n) is 12.2. The monoisotopic (exact) mass is 416 g/mol. The molecule has 0 heterocycles. The van der Waals surface area contributed by atoms with Crippen LogP contribution in [0, 0.1) is 23.2 Å². The summed E-state index contributed by atoms with van der Waals surface area (Å²) in [6, 6.07) is 0. The summed E-state index contributed by atoms with van der Waals surface area (Å²) < 4.78 is 0. The molecule has 3 aliphatic carbocycles. The Labute approximate surface area is 184 Å². The average Bonchev–Trinajstić information content (AvgIpc) is 3.03. The predicted octanol–water partition coefficient (Wildman–Crippen LogP) is 5.70. The third-order valence-electron chi connectivity index (χ3n) is 8.62. The first-order chi connectivity index (χ1) is 14.0. The van der Waals surface area contributed by atoms with Crippen LogP contribution in [0.15, 0.2) is 35.5 Å². The molecule has 0 aliphatic heterocycles. The van der Waals surface area contributed by atoms with E-state index in [2.05, 4.69) is 32.6 Å². The lowest BCUT2D eigenvalue weighted by molar-refractivity contribution is -0.0554. The number of rotatable bonds is 6. The van der Waals surface area contributed by atoms with E-state index in [-0.39, 0.29) is 6.10 Å². The zero-order valence-electron chi connectivity index (χ0n) is 19.7. The quantitative estimate of drug-likeness (QED) is 0.520. The van der Waals surface area contributed by atoms with Gasteiger partial charge in [0.15, 0.2) is 0 Å². The molecule has 0 spiro atoms.